The summed E-state index contributed by atoms with van der Waals surface area (Å²) in [5.74, 6) is 0. The predicted octanol–water partition coefficient (Wildman–Crippen LogP) is 5.04. The molecule has 0 aromatic rings. The molecule has 0 fully saturated rings. The minimum Gasteiger partial charge on any atom is -0.414 e. The monoisotopic (exact) mass is 298 g/mol. The fraction of sp³-hybridized carbons (Fsp3) is 0.882. The van der Waals surface area contributed by atoms with Gasteiger partial charge < -0.3 is 9.53 Å². The van der Waals surface area contributed by atoms with Crippen molar-refractivity contribution in [2.45, 2.75) is 96.6 Å². The van der Waals surface area contributed by atoms with Crippen molar-refractivity contribution in [2.75, 3.05) is 0 Å². The quantitative estimate of drug-likeness (QED) is 0.550. The summed E-state index contributed by atoms with van der Waals surface area (Å²) in [4.78, 5) is 0. The molecule has 1 aliphatic rings. The van der Waals surface area contributed by atoms with Crippen molar-refractivity contribution in [3.05, 3.63) is 11.6 Å². The number of hydrogen-bond acceptors (Lipinski definition) is 2. The molecule has 1 N–H and O–H groups in total. The fourth-order valence-electron chi connectivity index (χ4n) is 2.54. The molecule has 118 valence electrons. The number of aliphatic hydroxyl groups is 1. The van der Waals surface area contributed by atoms with E-state index in [0.29, 0.717) is 6.10 Å². The Balaban J connectivity index is 2.32. The van der Waals surface area contributed by atoms with Crippen molar-refractivity contribution in [3.8, 4) is 0 Å². The van der Waals surface area contributed by atoms with E-state index in [4.69, 9.17) is 4.43 Å². The lowest BCUT2D eigenvalue weighted by atomic mass is 9.93. The highest BCUT2D eigenvalue weighted by atomic mass is 28.4. The Kier molecular flexibility index (Phi) is 6.48. The van der Waals surface area contributed by atoms with E-state index in [9.17, 15) is 5.11 Å². The third-order valence-electron chi connectivity index (χ3n) is 4.84. The normalized spacial score (nSPS) is 22.6. The topological polar surface area (TPSA) is 29.5 Å². The first-order chi connectivity index (χ1) is 9.12. The summed E-state index contributed by atoms with van der Waals surface area (Å²) < 4.78 is 6.38. The molecule has 20 heavy (non-hydrogen) atoms. The van der Waals surface area contributed by atoms with Crippen LogP contribution < -0.4 is 0 Å². The minimum atomic E-state index is -1.62. The molecule has 0 aromatic carbocycles. The summed E-state index contributed by atoms with van der Waals surface area (Å²) in [5, 5.41) is 9.92. The second kappa shape index (κ2) is 7.23. The van der Waals surface area contributed by atoms with Crippen LogP contribution in [-0.2, 0) is 4.43 Å². The van der Waals surface area contributed by atoms with Crippen LogP contribution in [0.1, 0.15) is 66.2 Å². The molecule has 0 saturated carbocycles. The molecule has 0 saturated heterocycles. The maximum Gasteiger partial charge on any atom is 0.192 e. The zero-order valence-corrected chi connectivity index (χ0v) is 15.3. The van der Waals surface area contributed by atoms with E-state index < -0.39 is 8.32 Å². The highest BCUT2D eigenvalue weighted by Gasteiger charge is 2.38. The Hall–Kier alpha value is -0.123. The molecular weight excluding hydrogens is 264 g/mol. The molecule has 3 heteroatoms. The first kappa shape index (κ1) is 17.9. The molecule has 1 rings (SSSR count). The van der Waals surface area contributed by atoms with Gasteiger partial charge in [0.25, 0.3) is 0 Å². The Bertz CT molecular complexity index is 328. The zero-order valence-electron chi connectivity index (χ0n) is 14.3. The van der Waals surface area contributed by atoms with Gasteiger partial charge in [0, 0.05) is 6.10 Å². The van der Waals surface area contributed by atoms with Gasteiger partial charge in [0.1, 0.15) is 0 Å². The van der Waals surface area contributed by atoms with Crippen LogP contribution in [0.2, 0.25) is 18.1 Å². The molecule has 2 atom stereocenters. The molecule has 1 aliphatic carbocycles. The van der Waals surface area contributed by atoms with Crippen LogP contribution in [0.5, 0.6) is 0 Å². The summed E-state index contributed by atoms with van der Waals surface area (Å²) in [6.45, 7) is 13.7. The number of aliphatic hydroxyl groups excluding tert-OH is 1. The van der Waals surface area contributed by atoms with Gasteiger partial charge in [-0.05, 0) is 63.6 Å². The fourth-order valence-corrected chi connectivity index (χ4v) is 4.02. The van der Waals surface area contributed by atoms with Crippen LogP contribution in [-0.4, -0.2) is 25.6 Å². The lowest BCUT2D eigenvalue weighted by Gasteiger charge is -2.38. The Morgan fingerprint density at radius 1 is 1.40 bits per heavy atom. The van der Waals surface area contributed by atoms with Crippen LogP contribution in [0.15, 0.2) is 11.6 Å². The number of rotatable bonds is 6. The van der Waals surface area contributed by atoms with Gasteiger partial charge in [0.15, 0.2) is 8.32 Å². The Morgan fingerprint density at radius 3 is 2.60 bits per heavy atom. The van der Waals surface area contributed by atoms with E-state index in [1.165, 1.54) is 18.4 Å². The maximum absolute atomic E-state index is 9.63. The summed E-state index contributed by atoms with van der Waals surface area (Å²) in [6, 6.07) is 0. The second-order valence-corrected chi connectivity index (χ2v) is 12.6. The molecule has 2 nitrogen and oxygen atoms in total. The molecule has 0 aliphatic heterocycles. The first-order valence-corrected chi connectivity index (χ1v) is 11.1. The van der Waals surface area contributed by atoms with E-state index in [-0.39, 0.29) is 11.1 Å². The van der Waals surface area contributed by atoms with Gasteiger partial charge in [-0.3, -0.25) is 0 Å². The SMILES string of the molecule is C[C@@H](CCCC1=C[C@@H](O)CCC1)O[Si](C)(C)C(C)(C)C. The summed E-state index contributed by atoms with van der Waals surface area (Å²) >= 11 is 0. The van der Waals surface area contributed by atoms with Gasteiger partial charge in [-0.1, -0.05) is 32.4 Å². The highest BCUT2D eigenvalue weighted by molar-refractivity contribution is 6.74. The van der Waals surface area contributed by atoms with Crippen LogP contribution >= 0.6 is 0 Å². The predicted molar refractivity (Wildman–Crippen MR) is 89.5 cm³/mol. The van der Waals surface area contributed by atoms with Crippen molar-refractivity contribution in [2.24, 2.45) is 0 Å². The zero-order chi connectivity index (χ0) is 15.4. The van der Waals surface area contributed by atoms with E-state index in [1.54, 1.807) is 0 Å². The third kappa shape index (κ3) is 5.70. The molecule has 0 spiro atoms. The molecule has 0 unspecified atom stereocenters. The number of allylic oxidation sites excluding steroid dienone is 1. The summed E-state index contributed by atoms with van der Waals surface area (Å²) in [5.41, 5.74) is 1.45. The first-order valence-electron chi connectivity index (χ1n) is 8.17. The number of hydrogen-bond donors (Lipinski definition) is 1. The van der Waals surface area contributed by atoms with Crippen LogP contribution in [0.3, 0.4) is 0 Å². The van der Waals surface area contributed by atoms with Gasteiger partial charge in [-0.15, -0.1) is 0 Å². The highest BCUT2D eigenvalue weighted by Crippen LogP contribution is 2.37. The summed E-state index contributed by atoms with van der Waals surface area (Å²) in [7, 11) is -1.62. The minimum absolute atomic E-state index is 0.195. The standard InChI is InChI=1S/C17H34O2Si/c1-14(19-20(5,6)17(2,3)4)9-7-10-15-11-8-12-16(18)13-15/h13-14,16,18H,7-12H2,1-6H3/t14-,16-/m0/s1. The van der Waals surface area contributed by atoms with E-state index >= 15 is 0 Å². The third-order valence-corrected chi connectivity index (χ3v) is 9.44. The van der Waals surface area contributed by atoms with E-state index in [0.717, 1.165) is 25.7 Å². The molecule has 0 amide bonds. The van der Waals surface area contributed by atoms with Crippen LogP contribution in [0.25, 0.3) is 0 Å². The smallest absolute Gasteiger partial charge is 0.192 e. The molecular formula is C17H34O2Si. The van der Waals surface area contributed by atoms with Crippen LogP contribution in [0.4, 0.5) is 0 Å². The van der Waals surface area contributed by atoms with Gasteiger partial charge in [0.2, 0.25) is 0 Å². The van der Waals surface area contributed by atoms with Gasteiger partial charge in [-0.25, -0.2) is 0 Å². The van der Waals surface area contributed by atoms with Crippen molar-refractivity contribution < 1.29 is 9.53 Å². The molecule has 0 aromatic heterocycles. The molecule has 0 bridgehead atoms. The Labute approximate surface area is 126 Å². The summed E-state index contributed by atoms with van der Waals surface area (Å²) in [6.07, 6.45) is 8.91. The second-order valence-electron chi connectivity index (χ2n) is 7.87. The van der Waals surface area contributed by atoms with Crippen LogP contribution in [0, 0.1) is 0 Å². The molecule has 0 heterocycles. The van der Waals surface area contributed by atoms with E-state index in [1.807, 2.05) is 0 Å². The molecule has 0 radical (unpaired) electrons. The average molecular weight is 299 g/mol. The van der Waals surface area contributed by atoms with Gasteiger partial charge in [0.05, 0.1) is 6.10 Å². The average Bonchev–Trinajstić information content (AvgIpc) is 2.26. The maximum atomic E-state index is 9.63. The van der Waals surface area contributed by atoms with Crippen molar-refractivity contribution in [1.29, 1.82) is 0 Å². The van der Waals surface area contributed by atoms with E-state index in [2.05, 4.69) is 46.9 Å². The van der Waals surface area contributed by atoms with Crippen molar-refractivity contribution in [1.82, 2.24) is 0 Å². The largest absolute Gasteiger partial charge is 0.414 e. The lowest BCUT2D eigenvalue weighted by molar-refractivity contribution is 0.185. The Morgan fingerprint density at radius 2 is 2.05 bits per heavy atom. The van der Waals surface area contributed by atoms with Crippen molar-refractivity contribution in [3.63, 3.8) is 0 Å². The van der Waals surface area contributed by atoms with Crippen molar-refractivity contribution >= 4 is 8.32 Å². The van der Waals surface area contributed by atoms with Gasteiger partial charge in [-0.2, -0.15) is 0 Å². The lowest BCUT2D eigenvalue weighted by Crippen LogP contribution is -2.43. The van der Waals surface area contributed by atoms with Gasteiger partial charge >= 0.3 is 0 Å².